The quantitative estimate of drug-likeness (QED) is 0.744. The Labute approximate surface area is 149 Å². The van der Waals surface area contributed by atoms with Crippen LogP contribution in [0.15, 0.2) is 33.7 Å². The summed E-state index contributed by atoms with van der Waals surface area (Å²) in [5.41, 5.74) is -3.09. The van der Waals surface area contributed by atoms with E-state index >= 15 is 0 Å². The highest BCUT2D eigenvalue weighted by atomic mass is 79.9. The molecule has 1 heterocycles. The molecule has 1 aromatic heterocycles. The SMILES string of the molecule is CS(=O)(=O)Cn1cc(C(=O)O)c(Nc2ccc(Br)cc2F)c(F)c1=O. The molecule has 0 aliphatic rings. The zero-order valence-corrected chi connectivity index (χ0v) is 15.0. The van der Waals surface area contributed by atoms with Crippen molar-refractivity contribution in [3.8, 4) is 0 Å². The molecule has 0 saturated carbocycles. The number of carboxylic acid groups (broad SMARTS) is 1. The van der Waals surface area contributed by atoms with Crippen LogP contribution in [0, 0.1) is 11.6 Å². The van der Waals surface area contributed by atoms with Gasteiger partial charge in [0.25, 0.3) is 5.56 Å². The molecule has 0 spiro atoms. The van der Waals surface area contributed by atoms with E-state index in [4.69, 9.17) is 0 Å². The molecule has 11 heteroatoms. The molecule has 2 rings (SSSR count). The second-order valence-corrected chi connectivity index (χ2v) is 8.14. The lowest BCUT2D eigenvalue weighted by molar-refractivity contribution is 0.0696. The first-order valence-corrected chi connectivity index (χ1v) is 9.41. The third-order valence-corrected chi connectivity index (χ3v) is 4.26. The van der Waals surface area contributed by atoms with Gasteiger partial charge in [-0.1, -0.05) is 15.9 Å². The van der Waals surface area contributed by atoms with Crippen molar-refractivity contribution in [2.24, 2.45) is 0 Å². The van der Waals surface area contributed by atoms with Crippen molar-refractivity contribution in [3.05, 3.63) is 56.4 Å². The predicted octanol–water partition coefficient (Wildman–Crippen LogP) is 2.33. The van der Waals surface area contributed by atoms with Crippen LogP contribution >= 0.6 is 15.9 Å². The normalized spacial score (nSPS) is 11.4. The smallest absolute Gasteiger partial charge is 0.339 e. The van der Waals surface area contributed by atoms with E-state index in [1.807, 2.05) is 0 Å². The number of anilines is 2. The first-order chi connectivity index (χ1) is 11.5. The van der Waals surface area contributed by atoms with Gasteiger partial charge in [-0.25, -0.2) is 17.6 Å². The van der Waals surface area contributed by atoms with Crippen LogP contribution in [0.3, 0.4) is 0 Å². The number of carbonyl (C=O) groups is 1. The van der Waals surface area contributed by atoms with Crippen LogP contribution in [-0.4, -0.2) is 30.3 Å². The van der Waals surface area contributed by atoms with Gasteiger partial charge in [0, 0.05) is 16.9 Å². The molecule has 134 valence electrons. The molecule has 0 bridgehead atoms. The summed E-state index contributed by atoms with van der Waals surface area (Å²) >= 11 is 3.04. The Morgan fingerprint density at radius 1 is 1.36 bits per heavy atom. The molecular weight excluding hydrogens is 426 g/mol. The summed E-state index contributed by atoms with van der Waals surface area (Å²) in [4.78, 5) is 23.3. The van der Waals surface area contributed by atoms with Gasteiger partial charge < -0.3 is 10.4 Å². The fourth-order valence-electron chi connectivity index (χ4n) is 1.99. The Morgan fingerprint density at radius 3 is 2.52 bits per heavy atom. The summed E-state index contributed by atoms with van der Waals surface area (Å²) in [7, 11) is -3.72. The number of hydrogen-bond acceptors (Lipinski definition) is 5. The Morgan fingerprint density at radius 2 is 2.00 bits per heavy atom. The van der Waals surface area contributed by atoms with Crippen LogP contribution in [0.4, 0.5) is 20.2 Å². The van der Waals surface area contributed by atoms with Crippen molar-refractivity contribution in [2.45, 2.75) is 5.88 Å². The summed E-state index contributed by atoms with van der Waals surface area (Å²) in [6, 6.07) is 3.70. The predicted molar refractivity (Wildman–Crippen MR) is 89.8 cm³/mol. The van der Waals surface area contributed by atoms with Crippen LogP contribution in [0.1, 0.15) is 10.4 Å². The van der Waals surface area contributed by atoms with Crippen molar-refractivity contribution >= 4 is 43.1 Å². The van der Waals surface area contributed by atoms with Gasteiger partial charge in [0.1, 0.15) is 17.3 Å². The Kier molecular flexibility index (Phi) is 5.28. The lowest BCUT2D eigenvalue weighted by Gasteiger charge is -2.14. The first-order valence-electron chi connectivity index (χ1n) is 6.55. The van der Waals surface area contributed by atoms with Gasteiger partial charge >= 0.3 is 5.97 Å². The Hall–Kier alpha value is -2.27. The molecule has 25 heavy (non-hydrogen) atoms. The average molecular weight is 437 g/mol. The van der Waals surface area contributed by atoms with Gasteiger partial charge in [-0.3, -0.25) is 9.36 Å². The van der Waals surface area contributed by atoms with E-state index in [-0.39, 0.29) is 5.69 Å². The van der Waals surface area contributed by atoms with Crippen LogP contribution < -0.4 is 10.9 Å². The van der Waals surface area contributed by atoms with E-state index in [1.54, 1.807) is 0 Å². The van der Waals surface area contributed by atoms with Gasteiger partial charge in [-0.2, -0.15) is 4.39 Å². The maximum absolute atomic E-state index is 14.4. The number of nitrogens with zero attached hydrogens (tertiary/aromatic N) is 1. The number of hydrogen-bond donors (Lipinski definition) is 2. The molecule has 1 aromatic carbocycles. The summed E-state index contributed by atoms with van der Waals surface area (Å²) in [5, 5.41) is 11.5. The highest BCUT2D eigenvalue weighted by Crippen LogP contribution is 2.26. The van der Waals surface area contributed by atoms with E-state index in [9.17, 15) is 31.9 Å². The second kappa shape index (κ2) is 6.92. The maximum Gasteiger partial charge on any atom is 0.339 e. The number of rotatable bonds is 5. The molecule has 0 unspecified atom stereocenters. The van der Waals surface area contributed by atoms with Gasteiger partial charge in [-0.15, -0.1) is 0 Å². The number of aromatic carboxylic acids is 1. The molecule has 0 aliphatic heterocycles. The molecule has 0 amide bonds. The molecule has 0 saturated heterocycles. The lowest BCUT2D eigenvalue weighted by atomic mass is 10.2. The minimum Gasteiger partial charge on any atom is -0.478 e. The van der Waals surface area contributed by atoms with E-state index in [2.05, 4.69) is 21.2 Å². The zero-order valence-electron chi connectivity index (χ0n) is 12.6. The van der Waals surface area contributed by atoms with Crippen LogP contribution in [-0.2, 0) is 15.7 Å². The summed E-state index contributed by atoms with van der Waals surface area (Å²) in [6.07, 6.45) is 1.50. The third-order valence-electron chi connectivity index (χ3n) is 3.02. The highest BCUT2D eigenvalue weighted by molar-refractivity contribution is 9.10. The average Bonchev–Trinajstić information content (AvgIpc) is 2.47. The van der Waals surface area contributed by atoms with Gasteiger partial charge in [0.2, 0.25) is 5.82 Å². The largest absolute Gasteiger partial charge is 0.478 e. The van der Waals surface area contributed by atoms with Crippen LogP contribution in [0.5, 0.6) is 0 Å². The molecule has 7 nitrogen and oxygen atoms in total. The van der Waals surface area contributed by atoms with E-state index in [0.717, 1.165) is 12.3 Å². The molecule has 2 aromatic rings. The summed E-state index contributed by atoms with van der Waals surface area (Å²) < 4.78 is 51.7. The number of sulfone groups is 1. The standard InChI is InChI=1S/C14H11BrF2N2O5S/c1-25(23,24)6-19-5-8(14(21)22)12(11(17)13(19)20)18-10-3-2-7(15)4-9(10)16/h2-5,18H,6H2,1H3,(H,21,22). The zero-order chi connectivity index (χ0) is 18.9. The van der Waals surface area contributed by atoms with Crippen LogP contribution in [0.2, 0.25) is 0 Å². The van der Waals surface area contributed by atoms with Gasteiger partial charge in [0.15, 0.2) is 9.84 Å². The third kappa shape index (κ3) is 4.42. The first kappa shape index (κ1) is 19.1. The van der Waals surface area contributed by atoms with Crippen molar-refractivity contribution in [1.29, 1.82) is 0 Å². The monoisotopic (exact) mass is 436 g/mol. The fraction of sp³-hybridized carbons (Fsp3) is 0.143. The van der Waals surface area contributed by atoms with Crippen molar-refractivity contribution in [3.63, 3.8) is 0 Å². The minimum atomic E-state index is -3.72. The van der Waals surface area contributed by atoms with Crippen LogP contribution in [0.25, 0.3) is 0 Å². The molecule has 0 radical (unpaired) electrons. The van der Waals surface area contributed by atoms with E-state index in [1.165, 1.54) is 12.1 Å². The lowest BCUT2D eigenvalue weighted by Crippen LogP contribution is -2.28. The van der Waals surface area contributed by atoms with Gasteiger partial charge in [0.05, 0.1) is 11.4 Å². The number of benzene rings is 1. The van der Waals surface area contributed by atoms with E-state index < -0.39 is 50.1 Å². The topological polar surface area (TPSA) is 105 Å². The highest BCUT2D eigenvalue weighted by Gasteiger charge is 2.22. The van der Waals surface area contributed by atoms with Crippen molar-refractivity contribution in [2.75, 3.05) is 11.6 Å². The molecular formula is C14H11BrF2N2O5S. The Bertz CT molecular complexity index is 1020. The number of pyridine rings is 1. The Balaban J connectivity index is 2.63. The molecule has 0 aliphatic carbocycles. The minimum absolute atomic E-state index is 0.259. The number of halogens is 3. The van der Waals surface area contributed by atoms with Gasteiger partial charge in [-0.05, 0) is 18.2 Å². The molecule has 2 N–H and O–H groups in total. The fourth-order valence-corrected chi connectivity index (χ4v) is 3.02. The second-order valence-electron chi connectivity index (χ2n) is 5.12. The summed E-state index contributed by atoms with van der Waals surface area (Å²) in [5.74, 6) is -4.87. The number of carboxylic acids is 1. The van der Waals surface area contributed by atoms with E-state index in [0.29, 0.717) is 15.2 Å². The molecule has 0 atom stereocenters. The molecule has 0 fully saturated rings. The maximum atomic E-state index is 14.4. The number of nitrogens with one attached hydrogen (secondary N) is 1. The number of aromatic nitrogens is 1. The van der Waals surface area contributed by atoms with Crippen molar-refractivity contribution < 1.29 is 27.1 Å². The summed E-state index contributed by atoms with van der Waals surface area (Å²) in [6.45, 7) is 0. The van der Waals surface area contributed by atoms with Crippen molar-refractivity contribution in [1.82, 2.24) is 4.57 Å².